The molecule has 4 rings (SSSR count). The molecule has 4 heteroatoms. The van der Waals surface area contributed by atoms with Crippen molar-refractivity contribution in [2.75, 3.05) is 0 Å². The number of hydrogen-bond acceptors (Lipinski definition) is 2. The zero-order valence-electron chi connectivity index (χ0n) is 14.5. The summed E-state index contributed by atoms with van der Waals surface area (Å²) in [7, 11) is 0. The van der Waals surface area contributed by atoms with Crippen molar-refractivity contribution >= 4 is 16.8 Å². The van der Waals surface area contributed by atoms with E-state index in [2.05, 4.69) is 34.3 Å². The first-order valence-corrected chi connectivity index (χ1v) is 8.92. The Labute approximate surface area is 147 Å². The van der Waals surface area contributed by atoms with Crippen molar-refractivity contribution in [3.05, 3.63) is 66.1 Å². The van der Waals surface area contributed by atoms with E-state index in [0.29, 0.717) is 6.42 Å². The Bertz CT molecular complexity index is 880. The summed E-state index contributed by atoms with van der Waals surface area (Å²) in [6, 6.07) is 12.3. The third-order valence-corrected chi connectivity index (χ3v) is 5.39. The van der Waals surface area contributed by atoms with Gasteiger partial charge in [0, 0.05) is 47.4 Å². The van der Waals surface area contributed by atoms with Crippen LogP contribution in [0.15, 0.2) is 55.0 Å². The van der Waals surface area contributed by atoms with Crippen LogP contribution < -0.4 is 5.32 Å². The Morgan fingerprint density at radius 1 is 1.24 bits per heavy atom. The van der Waals surface area contributed by atoms with Crippen LogP contribution in [0.1, 0.15) is 49.7 Å². The molecule has 1 fully saturated rings. The number of carbonyl (C=O) groups is 1. The van der Waals surface area contributed by atoms with Crippen LogP contribution in [-0.4, -0.2) is 21.4 Å². The van der Waals surface area contributed by atoms with Crippen LogP contribution >= 0.6 is 0 Å². The third-order valence-electron chi connectivity index (χ3n) is 5.39. The van der Waals surface area contributed by atoms with Crippen molar-refractivity contribution in [1.82, 2.24) is 15.3 Å². The zero-order valence-corrected chi connectivity index (χ0v) is 14.5. The summed E-state index contributed by atoms with van der Waals surface area (Å²) in [6.45, 7) is 2.14. The normalized spacial score (nSPS) is 17.0. The lowest BCUT2D eigenvalue weighted by atomic mass is 9.78. The number of amides is 1. The Kier molecular flexibility index (Phi) is 4.04. The van der Waals surface area contributed by atoms with Gasteiger partial charge in [-0.3, -0.25) is 9.78 Å². The molecule has 1 atom stereocenters. The number of aromatic nitrogens is 2. The molecular formula is C21H23N3O. The molecule has 1 saturated carbocycles. The fourth-order valence-electron chi connectivity index (χ4n) is 3.79. The number of nitrogens with one attached hydrogen (secondary N) is 2. The predicted molar refractivity (Wildman–Crippen MR) is 99.4 cm³/mol. The highest BCUT2D eigenvalue weighted by Gasteiger charge is 2.34. The second kappa shape index (κ2) is 6.36. The molecule has 0 unspecified atom stereocenters. The molecule has 1 aromatic carbocycles. The summed E-state index contributed by atoms with van der Waals surface area (Å²) >= 11 is 0. The predicted octanol–water partition coefficient (Wildman–Crippen LogP) is 4.14. The summed E-state index contributed by atoms with van der Waals surface area (Å²) < 4.78 is 0. The Hall–Kier alpha value is -2.62. The number of nitrogens with zero attached hydrogens (tertiary/aromatic N) is 1. The maximum absolute atomic E-state index is 12.7. The SMILES string of the molecule is CC1(NC(=O)C[C@@H](c2ccncc2)c2c[nH]c3ccccc23)CCC1. The highest BCUT2D eigenvalue weighted by molar-refractivity contribution is 5.86. The topological polar surface area (TPSA) is 57.8 Å². The first-order valence-electron chi connectivity index (χ1n) is 8.92. The number of rotatable bonds is 5. The maximum Gasteiger partial charge on any atom is 0.221 e. The van der Waals surface area contributed by atoms with Crippen LogP contribution in [-0.2, 0) is 4.79 Å². The average molecular weight is 333 g/mol. The van der Waals surface area contributed by atoms with Crippen LogP contribution in [0.2, 0.25) is 0 Å². The summed E-state index contributed by atoms with van der Waals surface area (Å²) in [4.78, 5) is 20.2. The third kappa shape index (κ3) is 3.16. The van der Waals surface area contributed by atoms with Crippen molar-refractivity contribution in [2.24, 2.45) is 0 Å². The quantitative estimate of drug-likeness (QED) is 0.737. The second-order valence-electron chi connectivity index (χ2n) is 7.29. The molecule has 1 aliphatic carbocycles. The minimum absolute atomic E-state index is 0.0138. The maximum atomic E-state index is 12.7. The molecule has 0 saturated heterocycles. The molecule has 0 bridgehead atoms. The van der Waals surface area contributed by atoms with E-state index in [4.69, 9.17) is 0 Å². The minimum Gasteiger partial charge on any atom is -0.361 e. The van der Waals surface area contributed by atoms with Gasteiger partial charge in [-0.2, -0.15) is 0 Å². The van der Waals surface area contributed by atoms with E-state index >= 15 is 0 Å². The molecule has 0 spiro atoms. The van der Waals surface area contributed by atoms with E-state index in [-0.39, 0.29) is 17.4 Å². The van der Waals surface area contributed by atoms with Crippen LogP contribution in [0.5, 0.6) is 0 Å². The number of aromatic amines is 1. The summed E-state index contributed by atoms with van der Waals surface area (Å²) in [5.41, 5.74) is 3.37. The number of para-hydroxylation sites is 1. The van der Waals surface area contributed by atoms with Crippen molar-refractivity contribution in [2.45, 2.75) is 44.1 Å². The molecule has 25 heavy (non-hydrogen) atoms. The number of pyridine rings is 1. The van der Waals surface area contributed by atoms with Gasteiger partial charge in [0.2, 0.25) is 5.91 Å². The fourth-order valence-corrected chi connectivity index (χ4v) is 3.79. The molecule has 2 N–H and O–H groups in total. The molecule has 3 aromatic rings. The number of benzene rings is 1. The number of fused-ring (bicyclic) bond motifs is 1. The van der Waals surface area contributed by atoms with Crippen molar-refractivity contribution < 1.29 is 4.79 Å². The van der Waals surface area contributed by atoms with Gasteiger partial charge in [-0.25, -0.2) is 0 Å². The Morgan fingerprint density at radius 2 is 2.00 bits per heavy atom. The van der Waals surface area contributed by atoms with Crippen LogP contribution in [0.3, 0.4) is 0 Å². The molecular weight excluding hydrogens is 310 g/mol. The molecule has 4 nitrogen and oxygen atoms in total. The standard InChI is InChI=1S/C21H23N3O/c1-21(9-4-10-21)24-20(25)13-17(15-7-11-22-12-8-15)18-14-23-19-6-3-2-5-16(18)19/h2-3,5-8,11-12,14,17,23H,4,9-10,13H2,1H3,(H,24,25)/t17-/m0/s1. The van der Waals surface area contributed by atoms with Gasteiger partial charge in [0.15, 0.2) is 0 Å². The van der Waals surface area contributed by atoms with Gasteiger partial charge >= 0.3 is 0 Å². The van der Waals surface area contributed by atoms with Gasteiger partial charge in [-0.1, -0.05) is 18.2 Å². The first-order chi connectivity index (χ1) is 12.1. The molecule has 2 heterocycles. The smallest absolute Gasteiger partial charge is 0.221 e. The lowest BCUT2D eigenvalue weighted by molar-refractivity contribution is -0.124. The van der Waals surface area contributed by atoms with Crippen molar-refractivity contribution in [1.29, 1.82) is 0 Å². The molecule has 0 radical (unpaired) electrons. The van der Waals surface area contributed by atoms with Crippen molar-refractivity contribution in [3.63, 3.8) is 0 Å². The van der Waals surface area contributed by atoms with Crippen LogP contribution in [0.4, 0.5) is 0 Å². The molecule has 1 aliphatic rings. The fraction of sp³-hybridized carbons (Fsp3) is 0.333. The van der Waals surface area contributed by atoms with E-state index in [1.807, 2.05) is 30.5 Å². The van der Waals surface area contributed by atoms with Gasteiger partial charge in [-0.15, -0.1) is 0 Å². The Morgan fingerprint density at radius 3 is 2.72 bits per heavy atom. The van der Waals surface area contributed by atoms with Crippen LogP contribution in [0, 0.1) is 0 Å². The number of carbonyl (C=O) groups excluding carboxylic acids is 1. The summed E-state index contributed by atoms with van der Waals surface area (Å²) in [5, 5.41) is 4.41. The zero-order chi connectivity index (χ0) is 17.3. The summed E-state index contributed by atoms with van der Waals surface area (Å²) in [6.07, 6.45) is 9.42. The average Bonchev–Trinajstić information content (AvgIpc) is 3.03. The van der Waals surface area contributed by atoms with E-state index in [1.54, 1.807) is 12.4 Å². The first kappa shape index (κ1) is 15.9. The number of hydrogen-bond donors (Lipinski definition) is 2. The molecule has 128 valence electrons. The summed E-state index contributed by atoms with van der Waals surface area (Å²) in [5.74, 6) is 0.136. The highest BCUT2D eigenvalue weighted by Crippen LogP contribution is 2.35. The Balaban J connectivity index is 1.66. The van der Waals surface area contributed by atoms with Crippen molar-refractivity contribution in [3.8, 4) is 0 Å². The second-order valence-corrected chi connectivity index (χ2v) is 7.29. The van der Waals surface area contributed by atoms with E-state index in [1.165, 1.54) is 11.8 Å². The van der Waals surface area contributed by atoms with Gasteiger partial charge in [0.25, 0.3) is 0 Å². The van der Waals surface area contributed by atoms with E-state index < -0.39 is 0 Å². The van der Waals surface area contributed by atoms with E-state index in [0.717, 1.165) is 29.5 Å². The monoisotopic (exact) mass is 333 g/mol. The molecule has 1 amide bonds. The lowest BCUT2D eigenvalue weighted by Crippen LogP contribution is -2.51. The largest absolute Gasteiger partial charge is 0.361 e. The van der Waals surface area contributed by atoms with Gasteiger partial charge in [0.1, 0.15) is 0 Å². The highest BCUT2D eigenvalue weighted by atomic mass is 16.1. The molecule has 0 aliphatic heterocycles. The minimum atomic E-state index is -0.0138. The van der Waals surface area contributed by atoms with Crippen LogP contribution in [0.25, 0.3) is 10.9 Å². The van der Waals surface area contributed by atoms with Gasteiger partial charge < -0.3 is 10.3 Å². The lowest BCUT2D eigenvalue weighted by Gasteiger charge is -2.39. The van der Waals surface area contributed by atoms with Gasteiger partial charge in [-0.05, 0) is 55.5 Å². The molecule has 2 aromatic heterocycles. The van der Waals surface area contributed by atoms with E-state index in [9.17, 15) is 4.79 Å². The van der Waals surface area contributed by atoms with Gasteiger partial charge in [0.05, 0.1) is 0 Å². The number of H-pyrrole nitrogens is 1.